The Morgan fingerprint density at radius 2 is 1.96 bits per heavy atom. The van der Waals surface area contributed by atoms with Crippen molar-refractivity contribution in [3.05, 3.63) is 30.4 Å². The van der Waals surface area contributed by atoms with Gasteiger partial charge in [-0.05, 0) is 25.7 Å². The van der Waals surface area contributed by atoms with E-state index >= 15 is 0 Å². The standard InChI is InChI=1S/C18H20N6O/c25-18(12-1-2-12)23-5-3-15(4-6-23)24-11-14(9-21-24)13-7-16-17(19-8-13)10-20-22-16/h7-12,15H,1-6H2,(H,20,22)/p+1. The van der Waals surface area contributed by atoms with E-state index in [0.717, 1.165) is 61.3 Å². The number of hydrogen-bond donors (Lipinski definition) is 1. The molecule has 1 aliphatic carbocycles. The molecule has 0 unspecified atom stereocenters. The molecular weight excluding hydrogens is 316 g/mol. The number of aromatic nitrogens is 3. The van der Waals surface area contributed by atoms with Crippen LogP contribution in [-0.4, -0.2) is 44.9 Å². The minimum absolute atomic E-state index is 0.320. The molecule has 2 fully saturated rings. The van der Waals surface area contributed by atoms with Crippen molar-refractivity contribution in [1.82, 2.24) is 19.7 Å². The molecule has 0 atom stereocenters. The number of fused-ring (bicyclic) bond motifs is 1. The Bertz CT molecular complexity index is 845. The number of nitrogens with two attached hydrogens (primary N) is 1. The van der Waals surface area contributed by atoms with Crippen molar-refractivity contribution >= 4 is 17.8 Å². The quantitative estimate of drug-likeness (QED) is 0.851. The number of piperidine rings is 1. The highest BCUT2D eigenvalue weighted by Gasteiger charge is 2.35. The molecule has 2 aliphatic heterocycles. The van der Waals surface area contributed by atoms with Gasteiger partial charge in [-0.2, -0.15) is 10.5 Å². The summed E-state index contributed by atoms with van der Waals surface area (Å²) in [5, 5.41) is 8.71. The Morgan fingerprint density at radius 1 is 1.12 bits per heavy atom. The van der Waals surface area contributed by atoms with Crippen LogP contribution < -0.4 is 5.43 Å². The van der Waals surface area contributed by atoms with Gasteiger partial charge >= 0.3 is 0 Å². The number of pyridine rings is 1. The number of quaternary nitrogens is 1. The topological polar surface area (TPSA) is 80.0 Å². The minimum atomic E-state index is 0.320. The molecule has 4 heterocycles. The normalized spacial score (nSPS) is 20.1. The van der Waals surface area contributed by atoms with Crippen LogP contribution in [0.3, 0.4) is 0 Å². The summed E-state index contributed by atoms with van der Waals surface area (Å²) in [6, 6.07) is 2.47. The van der Waals surface area contributed by atoms with Crippen LogP contribution >= 0.6 is 0 Å². The Morgan fingerprint density at radius 3 is 2.76 bits per heavy atom. The first kappa shape index (κ1) is 14.8. The second-order valence-electron chi connectivity index (χ2n) is 7.15. The third kappa shape index (κ3) is 2.74. The summed E-state index contributed by atoms with van der Waals surface area (Å²) >= 11 is 0. The van der Waals surface area contributed by atoms with Crippen LogP contribution in [0.15, 0.2) is 29.8 Å². The average Bonchev–Trinajstić information content (AvgIpc) is 3.19. The monoisotopic (exact) mass is 337 g/mol. The minimum Gasteiger partial charge on any atom is -0.342 e. The molecule has 1 saturated carbocycles. The Balaban J connectivity index is 1.28. The van der Waals surface area contributed by atoms with Gasteiger partial charge in [0.2, 0.25) is 5.91 Å². The number of carbonyl (C=O) groups excluding carboxylic acids is 1. The number of carbonyl (C=O) groups is 1. The summed E-state index contributed by atoms with van der Waals surface area (Å²) in [5.74, 6) is 0.684. The van der Waals surface area contributed by atoms with Gasteiger partial charge in [0.25, 0.3) is 0 Å². The van der Waals surface area contributed by atoms with Gasteiger partial charge < -0.3 is 4.90 Å². The van der Waals surface area contributed by atoms with E-state index in [1.807, 2.05) is 22.7 Å². The van der Waals surface area contributed by atoms with E-state index in [9.17, 15) is 4.79 Å². The summed E-state index contributed by atoms with van der Waals surface area (Å²) in [6.45, 7) is 1.70. The SMILES string of the molecule is O=C(C1CC1)N1CCC(n2cc(-c3cnc4c(c3)[NH2+]N=C4)cn2)CC1. The summed E-state index contributed by atoms with van der Waals surface area (Å²) in [6.07, 6.45) is 11.8. The molecule has 1 saturated heterocycles. The van der Waals surface area contributed by atoms with E-state index in [1.54, 1.807) is 6.21 Å². The number of nitrogens with zero attached hydrogens (tertiary/aromatic N) is 5. The first-order valence-electron chi connectivity index (χ1n) is 8.98. The largest absolute Gasteiger partial charge is 0.342 e. The van der Waals surface area contributed by atoms with Crippen LogP contribution in [0.4, 0.5) is 5.69 Å². The highest BCUT2D eigenvalue weighted by atomic mass is 16.2. The van der Waals surface area contributed by atoms with E-state index in [4.69, 9.17) is 0 Å². The lowest BCUT2D eigenvalue weighted by Crippen LogP contribution is -2.69. The first-order chi connectivity index (χ1) is 12.3. The Hall–Kier alpha value is -2.54. The molecule has 7 heteroatoms. The molecule has 0 radical (unpaired) electrons. The number of likely N-dealkylation sites (tertiary alicyclic amines) is 1. The van der Waals surface area contributed by atoms with Crippen molar-refractivity contribution in [2.75, 3.05) is 13.1 Å². The predicted octanol–water partition coefficient (Wildman–Crippen LogP) is 1.06. The molecule has 3 aliphatic rings. The van der Waals surface area contributed by atoms with Crippen molar-refractivity contribution in [1.29, 1.82) is 0 Å². The van der Waals surface area contributed by atoms with Crippen molar-refractivity contribution in [3.8, 4) is 11.1 Å². The fourth-order valence-electron chi connectivity index (χ4n) is 3.68. The molecule has 0 bridgehead atoms. The fourth-order valence-corrected chi connectivity index (χ4v) is 3.68. The molecule has 1 amide bonds. The molecule has 2 N–H and O–H groups in total. The molecule has 25 heavy (non-hydrogen) atoms. The van der Waals surface area contributed by atoms with E-state index in [-0.39, 0.29) is 0 Å². The molecule has 5 rings (SSSR count). The van der Waals surface area contributed by atoms with Gasteiger partial charge in [0, 0.05) is 48.6 Å². The highest BCUT2D eigenvalue weighted by molar-refractivity contribution is 5.85. The molecule has 128 valence electrons. The summed E-state index contributed by atoms with van der Waals surface area (Å²) in [5.41, 5.74) is 5.95. The zero-order valence-electron chi connectivity index (χ0n) is 14.0. The van der Waals surface area contributed by atoms with E-state index < -0.39 is 0 Å². The summed E-state index contributed by atoms with van der Waals surface area (Å²) < 4.78 is 2.06. The van der Waals surface area contributed by atoms with Crippen molar-refractivity contribution in [3.63, 3.8) is 0 Å². The van der Waals surface area contributed by atoms with Gasteiger partial charge in [-0.25, -0.2) is 4.98 Å². The molecule has 2 aromatic heterocycles. The third-order valence-corrected chi connectivity index (χ3v) is 5.37. The summed E-state index contributed by atoms with van der Waals surface area (Å²) in [7, 11) is 0. The highest BCUT2D eigenvalue weighted by Crippen LogP contribution is 2.33. The fraction of sp³-hybridized carbons (Fsp3) is 0.444. The van der Waals surface area contributed by atoms with Crippen molar-refractivity contribution in [2.45, 2.75) is 31.7 Å². The maximum atomic E-state index is 12.2. The molecule has 0 spiro atoms. The first-order valence-corrected chi connectivity index (χ1v) is 8.98. The number of hydrogen-bond acceptors (Lipinski definition) is 4. The molecule has 7 nitrogen and oxygen atoms in total. The lowest BCUT2D eigenvalue weighted by atomic mass is 10.0. The van der Waals surface area contributed by atoms with Gasteiger partial charge in [0.15, 0.2) is 5.69 Å². The Labute approximate surface area is 145 Å². The van der Waals surface area contributed by atoms with Crippen LogP contribution in [0.1, 0.15) is 37.4 Å². The smallest absolute Gasteiger partial charge is 0.225 e. The van der Waals surface area contributed by atoms with Crippen molar-refractivity contribution < 1.29 is 10.2 Å². The van der Waals surface area contributed by atoms with Crippen LogP contribution in [0.5, 0.6) is 0 Å². The van der Waals surface area contributed by atoms with Crippen LogP contribution in [0, 0.1) is 5.92 Å². The van der Waals surface area contributed by atoms with Gasteiger partial charge in [-0.15, -0.1) is 0 Å². The molecule has 2 aromatic rings. The maximum Gasteiger partial charge on any atom is 0.225 e. The van der Waals surface area contributed by atoms with E-state index in [2.05, 4.69) is 32.1 Å². The van der Waals surface area contributed by atoms with Crippen LogP contribution in [0.25, 0.3) is 11.1 Å². The number of amides is 1. The third-order valence-electron chi connectivity index (χ3n) is 5.37. The van der Waals surface area contributed by atoms with Gasteiger partial charge in [0.05, 0.1) is 12.2 Å². The van der Waals surface area contributed by atoms with Gasteiger partial charge in [-0.3, -0.25) is 9.48 Å². The second-order valence-corrected chi connectivity index (χ2v) is 7.15. The lowest BCUT2D eigenvalue weighted by Gasteiger charge is -2.32. The predicted molar refractivity (Wildman–Crippen MR) is 92.2 cm³/mol. The van der Waals surface area contributed by atoms with E-state index in [1.165, 1.54) is 0 Å². The second kappa shape index (κ2) is 5.77. The van der Waals surface area contributed by atoms with Gasteiger partial charge in [-0.1, -0.05) is 5.10 Å². The zero-order valence-corrected chi connectivity index (χ0v) is 14.0. The molecular formula is C18H21N6O+. The number of rotatable bonds is 3. The van der Waals surface area contributed by atoms with Gasteiger partial charge in [0.1, 0.15) is 11.9 Å². The summed E-state index contributed by atoms with van der Waals surface area (Å²) in [4.78, 5) is 18.7. The Kier molecular flexibility index (Phi) is 3.41. The zero-order chi connectivity index (χ0) is 16.8. The average molecular weight is 337 g/mol. The van der Waals surface area contributed by atoms with E-state index in [0.29, 0.717) is 17.9 Å². The van der Waals surface area contributed by atoms with Crippen LogP contribution in [-0.2, 0) is 4.79 Å². The van der Waals surface area contributed by atoms with Crippen molar-refractivity contribution in [2.24, 2.45) is 11.0 Å². The molecule has 0 aromatic carbocycles. The van der Waals surface area contributed by atoms with Crippen LogP contribution in [0.2, 0.25) is 0 Å². The lowest BCUT2D eigenvalue weighted by molar-refractivity contribution is -0.573. The maximum absolute atomic E-state index is 12.2.